The quantitative estimate of drug-likeness (QED) is 0.692. The first-order chi connectivity index (χ1) is 13.2. The largest absolute Gasteiger partial charge is 0.369 e. The van der Waals surface area contributed by atoms with Crippen LogP contribution < -0.4 is 10.5 Å². The highest BCUT2D eigenvalue weighted by atomic mass is 19.1. The molecule has 4 rings (SSSR count). The maximum Gasteiger partial charge on any atom is 0.277 e. The predicted octanol–water partition coefficient (Wildman–Crippen LogP) is 2.14. The molecular weight excluding hydrogens is 345 g/mol. The van der Waals surface area contributed by atoms with Crippen molar-refractivity contribution in [3.05, 3.63) is 64.7 Å². The second-order valence-electron chi connectivity index (χ2n) is 6.80. The summed E-state index contributed by atoms with van der Waals surface area (Å²) in [5.74, 6) is -0.197. The van der Waals surface area contributed by atoms with Crippen LogP contribution in [0.3, 0.4) is 0 Å². The molecule has 0 radical (unpaired) electrons. The van der Waals surface area contributed by atoms with Gasteiger partial charge in [0, 0.05) is 45.0 Å². The molecule has 2 heterocycles. The van der Waals surface area contributed by atoms with E-state index in [-0.39, 0.29) is 11.4 Å². The first-order valence-corrected chi connectivity index (χ1v) is 9.26. The highest BCUT2D eigenvalue weighted by Crippen LogP contribution is 2.17. The summed E-state index contributed by atoms with van der Waals surface area (Å²) in [4.78, 5) is 17.0. The van der Waals surface area contributed by atoms with Crippen LogP contribution >= 0.6 is 0 Å². The minimum Gasteiger partial charge on any atom is -0.369 e. The van der Waals surface area contributed by atoms with Crippen molar-refractivity contribution in [2.45, 2.75) is 13.0 Å². The number of benzene rings is 2. The maximum absolute atomic E-state index is 13.4. The molecular formula is C20H22FN5O. The van der Waals surface area contributed by atoms with Crippen LogP contribution in [0.5, 0.6) is 0 Å². The van der Waals surface area contributed by atoms with Crippen LogP contribution in [0.2, 0.25) is 0 Å². The molecule has 0 saturated carbocycles. The van der Waals surface area contributed by atoms with Crippen LogP contribution in [0.1, 0.15) is 6.42 Å². The number of piperazine rings is 1. The zero-order valence-corrected chi connectivity index (χ0v) is 15.1. The minimum atomic E-state index is -0.197. The van der Waals surface area contributed by atoms with E-state index in [4.69, 9.17) is 0 Å². The van der Waals surface area contributed by atoms with Crippen molar-refractivity contribution in [3.63, 3.8) is 0 Å². The van der Waals surface area contributed by atoms with Gasteiger partial charge in [-0.05, 0) is 36.8 Å². The van der Waals surface area contributed by atoms with Gasteiger partial charge in [-0.15, -0.1) is 5.10 Å². The molecule has 2 aromatic carbocycles. The highest BCUT2D eigenvalue weighted by molar-refractivity contribution is 5.76. The monoisotopic (exact) mass is 367 g/mol. The summed E-state index contributed by atoms with van der Waals surface area (Å²) < 4.78 is 14.8. The van der Waals surface area contributed by atoms with Crippen LogP contribution in [-0.4, -0.2) is 52.6 Å². The molecule has 1 fully saturated rings. The lowest BCUT2D eigenvalue weighted by Crippen LogP contribution is -2.46. The number of nitrogens with zero attached hydrogens (tertiary/aromatic N) is 5. The van der Waals surface area contributed by atoms with Gasteiger partial charge in [0.1, 0.15) is 11.3 Å². The molecule has 1 aliphatic rings. The third-order valence-electron chi connectivity index (χ3n) is 5.02. The van der Waals surface area contributed by atoms with Crippen molar-refractivity contribution in [1.29, 1.82) is 0 Å². The van der Waals surface area contributed by atoms with E-state index in [1.54, 1.807) is 24.3 Å². The summed E-state index contributed by atoms with van der Waals surface area (Å²) in [5, 5.41) is 8.77. The Labute approximate surface area is 156 Å². The summed E-state index contributed by atoms with van der Waals surface area (Å²) >= 11 is 0. The Kier molecular flexibility index (Phi) is 5.11. The van der Waals surface area contributed by atoms with E-state index >= 15 is 0 Å². The van der Waals surface area contributed by atoms with Gasteiger partial charge in [0.05, 0.1) is 5.39 Å². The van der Waals surface area contributed by atoms with E-state index < -0.39 is 0 Å². The Morgan fingerprint density at radius 1 is 0.963 bits per heavy atom. The van der Waals surface area contributed by atoms with Crippen molar-refractivity contribution in [3.8, 4) is 0 Å². The van der Waals surface area contributed by atoms with Gasteiger partial charge >= 0.3 is 0 Å². The number of halogens is 1. The molecule has 0 spiro atoms. The first kappa shape index (κ1) is 17.6. The van der Waals surface area contributed by atoms with Crippen LogP contribution in [0.25, 0.3) is 10.9 Å². The van der Waals surface area contributed by atoms with Gasteiger partial charge in [0.25, 0.3) is 5.56 Å². The first-order valence-electron chi connectivity index (χ1n) is 9.26. The predicted molar refractivity (Wildman–Crippen MR) is 103 cm³/mol. The van der Waals surface area contributed by atoms with Crippen molar-refractivity contribution in [1.82, 2.24) is 19.9 Å². The summed E-state index contributed by atoms with van der Waals surface area (Å²) in [7, 11) is 0. The van der Waals surface area contributed by atoms with Gasteiger partial charge in [0.2, 0.25) is 0 Å². The summed E-state index contributed by atoms with van der Waals surface area (Å²) in [6.45, 7) is 5.06. The molecule has 0 atom stereocenters. The molecule has 27 heavy (non-hydrogen) atoms. The second kappa shape index (κ2) is 7.84. The van der Waals surface area contributed by atoms with Crippen LogP contribution in [0, 0.1) is 5.82 Å². The van der Waals surface area contributed by atoms with Gasteiger partial charge in [-0.25, -0.2) is 9.07 Å². The van der Waals surface area contributed by atoms with Crippen LogP contribution in [0.15, 0.2) is 53.3 Å². The lowest BCUT2D eigenvalue weighted by molar-refractivity contribution is 0.248. The fourth-order valence-electron chi connectivity index (χ4n) is 3.52. The summed E-state index contributed by atoms with van der Waals surface area (Å²) in [5.41, 5.74) is 1.48. The number of hydrogen-bond donors (Lipinski definition) is 0. The topological polar surface area (TPSA) is 54.3 Å². The van der Waals surface area contributed by atoms with Crippen molar-refractivity contribution < 1.29 is 4.39 Å². The van der Waals surface area contributed by atoms with Gasteiger partial charge in [-0.2, -0.15) is 0 Å². The average molecular weight is 367 g/mol. The Morgan fingerprint density at radius 3 is 2.59 bits per heavy atom. The highest BCUT2D eigenvalue weighted by Gasteiger charge is 2.17. The van der Waals surface area contributed by atoms with Crippen LogP contribution in [0.4, 0.5) is 10.1 Å². The van der Waals surface area contributed by atoms with Gasteiger partial charge in [-0.1, -0.05) is 23.4 Å². The summed E-state index contributed by atoms with van der Waals surface area (Å²) in [6.07, 6.45) is 0.840. The number of anilines is 1. The van der Waals surface area contributed by atoms with Crippen LogP contribution in [-0.2, 0) is 6.54 Å². The Hall–Kier alpha value is -2.80. The van der Waals surface area contributed by atoms with Crippen molar-refractivity contribution in [2.24, 2.45) is 0 Å². The SMILES string of the molecule is O=c1c2ccccc2nnn1CCCN1CCN(c2cccc(F)c2)CC1. The van der Waals surface area contributed by atoms with Crippen molar-refractivity contribution in [2.75, 3.05) is 37.6 Å². The maximum atomic E-state index is 13.4. The van der Waals surface area contributed by atoms with E-state index in [2.05, 4.69) is 20.1 Å². The lowest BCUT2D eigenvalue weighted by Gasteiger charge is -2.36. The molecule has 1 aromatic heterocycles. The molecule has 1 aliphatic heterocycles. The van der Waals surface area contributed by atoms with Gasteiger partial charge in [-0.3, -0.25) is 9.69 Å². The molecule has 0 bridgehead atoms. The Balaban J connectivity index is 1.29. The normalized spacial score (nSPS) is 15.4. The molecule has 0 amide bonds. The molecule has 0 unspecified atom stereocenters. The average Bonchev–Trinajstić information content (AvgIpc) is 2.70. The van der Waals surface area contributed by atoms with Gasteiger partial charge < -0.3 is 4.90 Å². The van der Waals surface area contributed by atoms with E-state index in [1.807, 2.05) is 18.2 Å². The molecule has 140 valence electrons. The minimum absolute atomic E-state index is 0.0866. The van der Waals surface area contributed by atoms with E-state index in [0.29, 0.717) is 17.4 Å². The number of aromatic nitrogens is 3. The molecule has 0 N–H and O–H groups in total. The van der Waals surface area contributed by atoms with E-state index in [9.17, 15) is 9.18 Å². The number of hydrogen-bond acceptors (Lipinski definition) is 5. The third kappa shape index (κ3) is 3.98. The fraction of sp³-hybridized carbons (Fsp3) is 0.350. The molecule has 0 aliphatic carbocycles. The van der Waals surface area contributed by atoms with Crippen molar-refractivity contribution >= 4 is 16.6 Å². The molecule has 7 heteroatoms. The zero-order valence-electron chi connectivity index (χ0n) is 15.1. The Bertz CT molecular complexity index is 981. The lowest BCUT2D eigenvalue weighted by atomic mass is 10.2. The molecule has 6 nitrogen and oxygen atoms in total. The molecule has 1 saturated heterocycles. The number of aryl methyl sites for hydroxylation is 1. The number of fused-ring (bicyclic) bond motifs is 1. The zero-order chi connectivity index (χ0) is 18.6. The standard InChI is InChI=1S/C20H22FN5O/c21-16-5-3-6-17(15-16)25-13-11-24(12-14-25)9-4-10-26-20(27)18-7-1-2-8-19(18)22-23-26/h1-3,5-8,15H,4,9-14H2. The van der Waals surface area contributed by atoms with Gasteiger partial charge in [0.15, 0.2) is 0 Å². The number of rotatable bonds is 5. The fourth-order valence-corrected chi connectivity index (χ4v) is 3.52. The smallest absolute Gasteiger partial charge is 0.277 e. The summed E-state index contributed by atoms with van der Waals surface area (Å²) in [6, 6.07) is 14.0. The third-order valence-corrected chi connectivity index (χ3v) is 5.02. The molecule has 3 aromatic rings. The van der Waals surface area contributed by atoms with E-state index in [1.165, 1.54) is 10.7 Å². The second-order valence-corrected chi connectivity index (χ2v) is 6.80. The Morgan fingerprint density at radius 2 is 1.78 bits per heavy atom. The van der Waals surface area contributed by atoms with E-state index in [0.717, 1.165) is 44.8 Å².